The Bertz CT molecular complexity index is 446. The van der Waals surface area contributed by atoms with Crippen molar-refractivity contribution < 1.29 is 23.9 Å². The summed E-state index contributed by atoms with van der Waals surface area (Å²) in [5.74, 6) is 0.179. The van der Waals surface area contributed by atoms with Crippen LogP contribution in [0.15, 0.2) is 12.8 Å². The summed E-state index contributed by atoms with van der Waals surface area (Å²) in [5.41, 5.74) is 0. The van der Waals surface area contributed by atoms with Crippen molar-refractivity contribution in [2.24, 2.45) is 0 Å². The molecule has 0 bridgehead atoms. The van der Waals surface area contributed by atoms with E-state index in [1.165, 1.54) is 96.2 Å². The Morgan fingerprint density at radius 2 is 1.21 bits per heavy atom. The first-order chi connectivity index (χ1) is 14.8. The average molecular weight is 518 g/mol. The third-order valence-electron chi connectivity index (χ3n) is 4.89. The number of ether oxygens (including phenoxy) is 1. The van der Waals surface area contributed by atoms with E-state index in [0.717, 1.165) is 12.8 Å². The van der Waals surface area contributed by atoms with Gasteiger partial charge in [0.15, 0.2) is 0 Å². The second-order valence-electron chi connectivity index (χ2n) is 7.91. The Morgan fingerprint density at radius 1 is 0.848 bits per heavy atom. The van der Waals surface area contributed by atoms with Crippen LogP contribution < -0.4 is 17.6 Å². The van der Waals surface area contributed by atoms with Gasteiger partial charge in [-0.25, -0.2) is 4.57 Å². The molecule has 0 aromatic heterocycles. The van der Waals surface area contributed by atoms with Gasteiger partial charge in [-0.2, -0.15) is 0 Å². The van der Waals surface area contributed by atoms with Crippen LogP contribution in [0.4, 0.5) is 0 Å². The Morgan fingerprint density at radius 3 is 1.58 bits per heavy atom. The summed E-state index contributed by atoms with van der Waals surface area (Å²) in [6.07, 6.45) is 23.3. The molecule has 202 valence electrons. The van der Waals surface area contributed by atoms with Crippen LogP contribution in [0.1, 0.15) is 116 Å². The monoisotopic (exact) mass is 517 g/mol. The second-order valence-corrected chi connectivity index (χ2v) is 10.2. The lowest BCUT2D eigenvalue weighted by molar-refractivity contribution is -0.121. The predicted molar refractivity (Wildman–Crippen MR) is 141 cm³/mol. The molecular formula is C23H53ClN3O5P. The number of nitrogens with one attached hydrogen (secondary N) is 1. The van der Waals surface area contributed by atoms with Crippen molar-refractivity contribution >= 4 is 24.1 Å². The van der Waals surface area contributed by atoms with Gasteiger partial charge in [-0.05, 0) is 12.8 Å². The first kappa shape index (κ1) is 39.6. The van der Waals surface area contributed by atoms with Crippen molar-refractivity contribution in [3.8, 4) is 0 Å². The zero-order valence-corrected chi connectivity index (χ0v) is 22.7. The van der Waals surface area contributed by atoms with E-state index in [9.17, 15) is 4.79 Å². The van der Waals surface area contributed by atoms with Crippen molar-refractivity contribution in [3.05, 3.63) is 12.8 Å². The molecule has 33 heavy (non-hydrogen) atoms. The van der Waals surface area contributed by atoms with Crippen molar-refractivity contribution in [2.75, 3.05) is 13.2 Å². The van der Waals surface area contributed by atoms with E-state index in [1.54, 1.807) is 0 Å². The minimum absolute atomic E-state index is 0. The van der Waals surface area contributed by atoms with Crippen LogP contribution in [0.3, 0.4) is 0 Å². The molecule has 0 spiro atoms. The molecule has 0 aliphatic heterocycles. The number of hydrogen-bond donors (Lipinski definition) is 5. The molecule has 0 saturated heterocycles. The van der Waals surface area contributed by atoms with Gasteiger partial charge in [0, 0.05) is 24.2 Å². The molecule has 0 rings (SSSR count). The lowest BCUT2D eigenvalue weighted by atomic mass is 10.0. The summed E-state index contributed by atoms with van der Waals surface area (Å²) >= 11 is 4.20. The van der Waals surface area contributed by atoms with E-state index in [2.05, 4.69) is 30.1 Å². The molecule has 0 fully saturated rings. The fourth-order valence-corrected chi connectivity index (χ4v) is 3.21. The molecule has 1 amide bonds. The maximum absolute atomic E-state index is 11.6. The second kappa shape index (κ2) is 31.4. The summed E-state index contributed by atoms with van der Waals surface area (Å²) in [7, 11) is 0. The highest BCUT2D eigenvalue weighted by atomic mass is 35.7. The normalized spacial score (nSPS) is 10.2. The maximum atomic E-state index is 11.6. The SMILES string of the molecule is C=COCCCNC(=O)CCCCCCCCCCCCCCCCC.N.N.O=P(O)(O)Cl. The van der Waals surface area contributed by atoms with E-state index in [0.29, 0.717) is 19.6 Å². The third kappa shape index (κ3) is 49.5. The molecule has 0 aromatic carbocycles. The number of amides is 1. The van der Waals surface area contributed by atoms with Gasteiger partial charge in [-0.15, -0.1) is 0 Å². The van der Waals surface area contributed by atoms with Crippen LogP contribution in [0.5, 0.6) is 0 Å². The minimum atomic E-state index is -4.17. The summed E-state index contributed by atoms with van der Waals surface area (Å²) in [6, 6.07) is 0. The Labute approximate surface area is 207 Å². The van der Waals surface area contributed by atoms with Gasteiger partial charge in [-0.1, -0.05) is 103 Å². The lowest BCUT2D eigenvalue weighted by Gasteiger charge is -2.05. The zero-order valence-electron chi connectivity index (χ0n) is 21.1. The number of carbonyl (C=O) groups is 1. The Hall–Kier alpha value is -0.630. The standard InChI is InChI=1S/C23H45NO2.ClH2O3P.2H3N/c1-3-5-6-7-8-9-10-11-12-13-14-15-16-17-18-20-23(25)24-21-19-22-26-4-2;1-5(2,3)4;;/h4H,2-3,5-22H2,1H3,(H,24,25);(H2,2,3,4);2*1H3. The summed E-state index contributed by atoms with van der Waals surface area (Å²) in [6.45, 7) is 2.93. The van der Waals surface area contributed by atoms with E-state index in [4.69, 9.17) is 19.1 Å². The Kier molecular flexibility index (Phi) is 37.6. The fraction of sp³-hybridized carbons (Fsp3) is 0.870. The molecule has 0 aromatic rings. The average Bonchev–Trinajstić information content (AvgIpc) is 2.69. The maximum Gasteiger partial charge on any atom is 0.419 e. The number of halogens is 1. The summed E-state index contributed by atoms with van der Waals surface area (Å²) in [5, 5.41) is 2.94. The molecule has 10 heteroatoms. The van der Waals surface area contributed by atoms with Crippen LogP contribution in [-0.4, -0.2) is 28.8 Å². The highest BCUT2D eigenvalue weighted by Crippen LogP contribution is 2.39. The van der Waals surface area contributed by atoms with E-state index in [1.807, 2.05) is 0 Å². The van der Waals surface area contributed by atoms with Crippen LogP contribution in [0, 0.1) is 0 Å². The van der Waals surface area contributed by atoms with Crippen LogP contribution >= 0.6 is 18.2 Å². The fourth-order valence-electron chi connectivity index (χ4n) is 3.21. The molecule has 0 aliphatic rings. The van der Waals surface area contributed by atoms with Crippen molar-refractivity contribution in [3.63, 3.8) is 0 Å². The number of carbonyl (C=O) groups excluding carboxylic acids is 1. The Balaban J connectivity index is -0.000000539. The van der Waals surface area contributed by atoms with Gasteiger partial charge in [-0.3, -0.25) is 4.79 Å². The van der Waals surface area contributed by atoms with Gasteiger partial charge in [0.05, 0.1) is 12.9 Å². The summed E-state index contributed by atoms with van der Waals surface area (Å²) in [4.78, 5) is 26.4. The molecular weight excluding hydrogens is 465 g/mol. The molecule has 8 nitrogen and oxygen atoms in total. The topological polar surface area (TPSA) is 166 Å². The van der Waals surface area contributed by atoms with Gasteiger partial charge < -0.3 is 32.1 Å². The molecule has 9 N–H and O–H groups in total. The number of rotatable bonds is 21. The highest BCUT2D eigenvalue weighted by Gasteiger charge is 2.01. The van der Waals surface area contributed by atoms with Crippen LogP contribution in [0.25, 0.3) is 0 Å². The summed E-state index contributed by atoms with van der Waals surface area (Å²) < 4.78 is 14.1. The molecule has 0 radical (unpaired) electrons. The first-order valence-corrected chi connectivity index (χ1v) is 14.6. The quantitative estimate of drug-likeness (QED) is 0.0594. The molecule has 0 atom stereocenters. The van der Waals surface area contributed by atoms with Gasteiger partial charge in [0.2, 0.25) is 5.91 Å². The molecule has 0 aliphatic carbocycles. The minimum Gasteiger partial charge on any atom is -0.502 e. The number of hydrogen-bond acceptors (Lipinski definition) is 5. The van der Waals surface area contributed by atoms with E-state index < -0.39 is 6.95 Å². The molecule has 0 saturated carbocycles. The van der Waals surface area contributed by atoms with Crippen molar-refractivity contribution in [1.82, 2.24) is 17.6 Å². The van der Waals surface area contributed by atoms with Crippen LogP contribution in [0.2, 0.25) is 0 Å². The van der Waals surface area contributed by atoms with Crippen LogP contribution in [-0.2, 0) is 14.1 Å². The van der Waals surface area contributed by atoms with E-state index in [-0.39, 0.29) is 18.2 Å². The predicted octanol–water partition coefficient (Wildman–Crippen LogP) is 7.56. The van der Waals surface area contributed by atoms with Gasteiger partial charge in [0.1, 0.15) is 0 Å². The molecule has 0 unspecified atom stereocenters. The zero-order chi connectivity index (χ0) is 23.6. The van der Waals surface area contributed by atoms with Crippen molar-refractivity contribution in [1.29, 1.82) is 0 Å². The lowest BCUT2D eigenvalue weighted by Crippen LogP contribution is -2.24. The van der Waals surface area contributed by atoms with Crippen molar-refractivity contribution in [2.45, 2.75) is 116 Å². The smallest absolute Gasteiger partial charge is 0.419 e. The largest absolute Gasteiger partial charge is 0.502 e. The van der Waals surface area contributed by atoms with Gasteiger partial charge >= 0.3 is 6.95 Å². The third-order valence-corrected chi connectivity index (χ3v) is 4.89. The highest BCUT2D eigenvalue weighted by molar-refractivity contribution is 7.79. The molecule has 0 heterocycles. The number of unbranched alkanes of at least 4 members (excludes halogenated alkanes) is 14. The first-order valence-electron chi connectivity index (χ1n) is 12.1. The van der Waals surface area contributed by atoms with Gasteiger partial charge in [0.25, 0.3) is 0 Å². The van der Waals surface area contributed by atoms with E-state index >= 15 is 0 Å².